The van der Waals surface area contributed by atoms with Crippen LogP contribution in [0, 0.1) is 0 Å². The second kappa shape index (κ2) is 5.76. The van der Waals surface area contributed by atoms with E-state index < -0.39 is 44.5 Å². The number of hydrogen-bond acceptors (Lipinski definition) is 8. The van der Waals surface area contributed by atoms with Crippen LogP contribution in [0.15, 0.2) is 17.4 Å². The maximum atomic E-state index is 11.6. The van der Waals surface area contributed by atoms with E-state index in [1.165, 1.54) is 10.9 Å². The number of phosphoric ester groups is 1. The molecule has 4 atom stereocenters. The minimum atomic E-state index is -4.74. The molecule has 23 heavy (non-hydrogen) atoms. The minimum absolute atomic E-state index is 0.0210. The fourth-order valence-electron chi connectivity index (χ4n) is 2.32. The minimum Gasteiger partial charge on any atom is -0.387 e. The molecule has 12 nitrogen and oxygen atoms in total. The molecule has 1 aliphatic heterocycles. The molecule has 3 heterocycles. The number of fused-ring (bicyclic) bond motifs is 1. The van der Waals surface area contributed by atoms with Gasteiger partial charge in [-0.2, -0.15) is 0 Å². The summed E-state index contributed by atoms with van der Waals surface area (Å²) in [5.74, 6) is 0. The van der Waals surface area contributed by atoms with Crippen molar-refractivity contribution >= 4 is 19.0 Å². The van der Waals surface area contributed by atoms with E-state index in [1.54, 1.807) is 0 Å². The van der Waals surface area contributed by atoms with Crippen molar-refractivity contribution in [2.45, 2.75) is 24.5 Å². The van der Waals surface area contributed by atoms with Crippen LogP contribution in [-0.4, -0.2) is 64.4 Å². The molecule has 1 fully saturated rings. The van der Waals surface area contributed by atoms with Crippen molar-refractivity contribution in [2.24, 2.45) is 0 Å². The second-order valence-corrected chi connectivity index (χ2v) is 6.13. The monoisotopic (exact) mass is 348 g/mol. The number of rotatable bonds is 4. The Kier molecular flexibility index (Phi) is 4.06. The van der Waals surface area contributed by atoms with Crippen molar-refractivity contribution in [3.8, 4) is 0 Å². The Morgan fingerprint density at radius 3 is 2.78 bits per heavy atom. The Labute approximate surface area is 127 Å². The SMILES string of the molecule is O=c1[nH]cnc2c1ncn2[C@@H]1O[C@H](COP(=O)(O)O)[C@H](O)C1O. The molecule has 1 saturated heterocycles. The molecular weight excluding hydrogens is 335 g/mol. The highest BCUT2D eigenvalue weighted by molar-refractivity contribution is 7.46. The van der Waals surface area contributed by atoms with Crippen molar-refractivity contribution in [1.29, 1.82) is 0 Å². The average Bonchev–Trinajstić information content (AvgIpc) is 3.01. The third-order valence-electron chi connectivity index (χ3n) is 3.38. The summed E-state index contributed by atoms with van der Waals surface area (Å²) in [6.45, 7) is -0.625. The molecule has 0 aromatic carbocycles. The predicted octanol–water partition coefficient (Wildman–Crippen LogP) is -2.15. The third kappa shape index (κ3) is 3.05. The lowest BCUT2D eigenvalue weighted by molar-refractivity contribution is -0.0504. The molecule has 1 unspecified atom stereocenters. The quantitative estimate of drug-likeness (QED) is 0.382. The molecule has 3 rings (SSSR count). The lowest BCUT2D eigenvalue weighted by Gasteiger charge is -2.16. The van der Waals surface area contributed by atoms with E-state index in [1.807, 2.05) is 0 Å². The van der Waals surface area contributed by atoms with Crippen LogP contribution in [0.3, 0.4) is 0 Å². The van der Waals surface area contributed by atoms with Crippen LogP contribution < -0.4 is 5.56 Å². The molecule has 0 radical (unpaired) electrons. The van der Waals surface area contributed by atoms with E-state index >= 15 is 0 Å². The second-order valence-electron chi connectivity index (χ2n) is 4.89. The maximum Gasteiger partial charge on any atom is 0.469 e. The Bertz CT molecular complexity index is 815. The molecule has 5 N–H and O–H groups in total. The summed E-state index contributed by atoms with van der Waals surface area (Å²) in [6.07, 6.45) is -2.85. The molecule has 2 aromatic rings. The van der Waals surface area contributed by atoms with Gasteiger partial charge in [0.25, 0.3) is 5.56 Å². The van der Waals surface area contributed by atoms with Crippen LogP contribution in [0.4, 0.5) is 0 Å². The topological polar surface area (TPSA) is 180 Å². The Morgan fingerprint density at radius 2 is 2.09 bits per heavy atom. The molecule has 13 heteroatoms. The average molecular weight is 348 g/mol. The van der Waals surface area contributed by atoms with Gasteiger partial charge >= 0.3 is 7.82 Å². The van der Waals surface area contributed by atoms with Gasteiger partial charge in [-0.15, -0.1) is 0 Å². The van der Waals surface area contributed by atoms with Gasteiger partial charge in [0.2, 0.25) is 0 Å². The van der Waals surface area contributed by atoms with Gasteiger partial charge in [0.1, 0.15) is 18.3 Å². The molecule has 0 amide bonds. The largest absolute Gasteiger partial charge is 0.469 e. The van der Waals surface area contributed by atoms with Crippen LogP contribution in [0.1, 0.15) is 6.23 Å². The summed E-state index contributed by atoms with van der Waals surface area (Å²) in [6, 6.07) is 0. The van der Waals surface area contributed by atoms with Gasteiger partial charge in [-0.3, -0.25) is 13.9 Å². The first-order valence-electron chi connectivity index (χ1n) is 6.40. The molecule has 0 aliphatic carbocycles. The van der Waals surface area contributed by atoms with Crippen molar-refractivity contribution in [3.05, 3.63) is 23.0 Å². The zero-order valence-electron chi connectivity index (χ0n) is 11.4. The number of aliphatic hydroxyl groups is 2. The molecule has 0 saturated carbocycles. The third-order valence-corrected chi connectivity index (χ3v) is 3.87. The van der Waals surface area contributed by atoms with Gasteiger partial charge in [-0.25, -0.2) is 14.5 Å². The van der Waals surface area contributed by atoms with E-state index in [4.69, 9.17) is 14.5 Å². The number of aliphatic hydroxyl groups excluding tert-OH is 2. The van der Waals surface area contributed by atoms with Gasteiger partial charge in [-0.05, 0) is 0 Å². The normalized spacial score (nSPS) is 28.5. The first-order valence-corrected chi connectivity index (χ1v) is 7.93. The molecule has 0 bridgehead atoms. The van der Waals surface area contributed by atoms with Crippen molar-refractivity contribution < 1.29 is 33.8 Å². The molecule has 2 aromatic heterocycles. The summed E-state index contributed by atoms with van der Waals surface area (Å²) in [4.78, 5) is 39.1. The van der Waals surface area contributed by atoms with Crippen LogP contribution in [0.5, 0.6) is 0 Å². The van der Waals surface area contributed by atoms with Gasteiger partial charge in [0, 0.05) is 0 Å². The number of imidazole rings is 1. The van der Waals surface area contributed by atoms with E-state index in [0.717, 1.165) is 6.33 Å². The van der Waals surface area contributed by atoms with Crippen LogP contribution >= 0.6 is 7.82 Å². The van der Waals surface area contributed by atoms with E-state index in [9.17, 15) is 19.6 Å². The van der Waals surface area contributed by atoms with Crippen LogP contribution in [0.25, 0.3) is 11.2 Å². The predicted molar refractivity (Wildman–Crippen MR) is 72.1 cm³/mol. The molecule has 1 aliphatic rings. The van der Waals surface area contributed by atoms with Crippen LogP contribution in [-0.2, 0) is 13.8 Å². The number of H-pyrrole nitrogens is 1. The fraction of sp³-hybridized carbons (Fsp3) is 0.500. The molecular formula is C10H13N4O8P. The standard InChI is InChI=1S/C10H13N4O8P/c15-6-4(1-21-23(18,19)20)22-10(7(6)16)14-3-13-5-8(14)11-2-12-9(5)17/h2-4,6-7,10,15-16H,1H2,(H,11,12,17)(H2,18,19,20)/t4-,6+,7?,10-/m1/s1. The number of phosphoric acid groups is 1. The Balaban J connectivity index is 1.87. The van der Waals surface area contributed by atoms with Crippen molar-refractivity contribution in [1.82, 2.24) is 19.5 Å². The number of nitrogens with zero attached hydrogens (tertiary/aromatic N) is 3. The van der Waals surface area contributed by atoms with Gasteiger partial charge in [0.05, 0.1) is 19.3 Å². The van der Waals surface area contributed by atoms with Gasteiger partial charge < -0.3 is 29.7 Å². The first-order chi connectivity index (χ1) is 10.8. The molecule has 0 spiro atoms. The highest BCUT2D eigenvalue weighted by Crippen LogP contribution is 2.38. The summed E-state index contributed by atoms with van der Waals surface area (Å²) >= 11 is 0. The number of hydrogen-bond donors (Lipinski definition) is 5. The van der Waals surface area contributed by atoms with E-state index in [0.29, 0.717) is 0 Å². The number of nitrogens with one attached hydrogen (secondary N) is 1. The zero-order valence-corrected chi connectivity index (χ0v) is 12.3. The summed E-state index contributed by atoms with van der Waals surface area (Å²) in [7, 11) is -4.74. The lowest BCUT2D eigenvalue weighted by atomic mass is 10.1. The highest BCUT2D eigenvalue weighted by atomic mass is 31.2. The Hall–Kier alpha value is -1.66. The fourth-order valence-corrected chi connectivity index (χ4v) is 2.66. The van der Waals surface area contributed by atoms with Crippen LogP contribution in [0.2, 0.25) is 0 Å². The van der Waals surface area contributed by atoms with E-state index in [2.05, 4.69) is 19.5 Å². The zero-order chi connectivity index (χ0) is 16.8. The number of aromatic nitrogens is 4. The maximum absolute atomic E-state index is 11.6. The highest BCUT2D eigenvalue weighted by Gasteiger charge is 2.45. The summed E-state index contributed by atoms with van der Waals surface area (Å²) < 4.78 is 21.6. The van der Waals surface area contributed by atoms with E-state index in [-0.39, 0.29) is 11.2 Å². The van der Waals surface area contributed by atoms with Crippen molar-refractivity contribution in [2.75, 3.05) is 6.61 Å². The van der Waals surface area contributed by atoms with Crippen molar-refractivity contribution in [3.63, 3.8) is 0 Å². The smallest absolute Gasteiger partial charge is 0.387 e. The first kappa shape index (κ1) is 16.2. The number of ether oxygens (including phenoxy) is 1. The summed E-state index contributed by atoms with van der Waals surface area (Å²) in [5, 5.41) is 20.0. The van der Waals surface area contributed by atoms with Gasteiger partial charge in [-0.1, -0.05) is 0 Å². The molecule has 126 valence electrons. The lowest BCUT2D eigenvalue weighted by Crippen LogP contribution is -2.33. The summed E-state index contributed by atoms with van der Waals surface area (Å²) in [5.41, 5.74) is -0.336. The number of aromatic amines is 1. The van der Waals surface area contributed by atoms with Gasteiger partial charge in [0.15, 0.2) is 17.4 Å². The Morgan fingerprint density at radius 1 is 1.35 bits per heavy atom.